The lowest BCUT2D eigenvalue weighted by atomic mass is 10.2. The van der Waals surface area contributed by atoms with Crippen LogP contribution in [0.15, 0.2) is 79.3 Å². The van der Waals surface area contributed by atoms with E-state index in [0.717, 1.165) is 11.3 Å². The minimum absolute atomic E-state index is 0.262. The van der Waals surface area contributed by atoms with Crippen LogP contribution in [-0.4, -0.2) is 26.6 Å². The first kappa shape index (κ1) is 21.3. The number of carbonyl (C=O) groups is 2. The number of anilines is 1. The van der Waals surface area contributed by atoms with E-state index in [-0.39, 0.29) is 11.8 Å². The lowest BCUT2D eigenvalue weighted by Crippen LogP contribution is -2.22. The van der Waals surface area contributed by atoms with E-state index in [4.69, 9.17) is 11.6 Å². The van der Waals surface area contributed by atoms with Gasteiger partial charge in [-0.15, -0.1) is 0 Å². The molecule has 4 rings (SSSR count). The first-order chi connectivity index (χ1) is 15.5. The van der Waals surface area contributed by atoms with E-state index in [2.05, 4.69) is 20.7 Å². The third kappa shape index (κ3) is 5.01. The summed E-state index contributed by atoms with van der Waals surface area (Å²) in [5.74, 6) is -0.528. The Hall–Kier alpha value is -3.97. The van der Waals surface area contributed by atoms with Gasteiger partial charge in [-0.05, 0) is 48.9 Å². The van der Waals surface area contributed by atoms with Crippen molar-refractivity contribution in [2.75, 3.05) is 5.32 Å². The topological polar surface area (TPSA) is 88.9 Å². The number of amides is 2. The van der Waals surface area contributed by atoms with Crippen molar-refractivity contribution in [3.05, 3.63) is 107 Å². The van der Waals surface area contributed by atoms with Gasteiger partial charge in [0.2, 0.25) is 0 Å². The van der Waals surface area contributed by atoms with Crippen LogP contribution in [0.2, 0.25) is 5.02 Å². The van der Waals surface area contributed by atoms with Gasteiger partial charge in [0, 0.05) is 29.0 Å². The predicted octanol–water partition coefficient (Wildman–Crippen LogP) is 4.41. The van der Waals surface area contributed by atoms with Crippen LogP contribution in [0.4, 0.5) is 5.69 Å². The van der Waals surface area contributed by atoms with Crippen LogP contribution in [0.1, 0.15) is 32.0 Å². The Bertz CT molecular complexity index is 1270. The predicted molar refractivity (Wildman–Crippen MR) is 123 cm³/mol. The Labute approximate surface area is 190 Å². The lowest BCUT2D eigenvalue weighted by molar-refractivity contribution is 0.0950. The minimum atomic E-state index is -0.267. The molecule has 8 heteroatoms. The van der Waals surface area contributed by atoms with E-state index < -0.39 is 0 Å². The van der Waals surface area contributed by atoms with Gasteiger partial charge in [0.05, 0.1) is 29.3 Å². The summed E-state index contributed by atoms with van der Waals surface area (Å²) < 4.78 is 1.55. The highest BCUT2D eigenvalue weighted by atomic mass is 35.5. The average molecular weight is 446 g/mol. The number of aryl methyl sites for hydroxylation is 1. The molecule has 0 aliphatic rings. The standard InChI is InChI=1S/C24H20ClN5O2/c1-16-9-10-20(14-26-16)29-24(32)17-6-4-7-21(11-17)30-15-19(13-28-30)23(31)27-12-18-5-2-3-8-22(18)25/h2-11,13-15H,12H2,1H3,(H,27,31)(H,29,32). The first-order valence-electron chi connectivity index (χ1n) is 9.90. The van der Waals surface area contributed by atoms with Crippen molar-refractivity contribution >= 4 is 29.1 Å². The SMILES string of the molecule is Cc1ccc(NC(=O)c2cccc(-n3cc(C(=O)NCc4ccccc4Cl)cn3)c2)cn1. The highest BCUT2D eigenvalue weighted by Gasteiger charge is 2.12. The van der Waals surface area contributed by atoms with Gasteiger partial charge in [0.1, 0.15) is 0 Å². The summed E-state index contributed by atoms with van der Waals surface area (Å²) >= 11 is 6.13. The Morgan fingerprint density at radius 1 is 0.969 bits per heavy atom. The van der Waals surface area contributed by atoms with Crippen LogP contribution in [0, 0.1) is 6.92 Å². The zero-order valence-corrected chi connectivity index (χ0v) is 18.0. The summed E-state index contributed by atoms with van der Waals surface area (Å²) in [7, 11) is 0. The van der Waals surface area contributed by atoms with Crippen LogP contribution in [0.25, 0.3) is 5.69 Å². The average Bonchev–Trinajstić information content (AvgIpc) is 3.30. The molecule has 0 fully saturated rings. The minimum Gasteiger partial charge on any atom is -0.348 e. The van der Waals surface area contributed by atoms with Crippen molar-refractivity contribution < 1.29 is 9.59 Å². The summed E-state index contributed by atoms with van der Waals surface area (Å²) in [4.78, 5) is 29.3. The molecule has 32 heavy (non-hydrogen) atoms. The molecule has 0 radical (unpaired) electrons. The molecule has 2 aromatic heterocycles. The summed E-state index contributed by atoms with van der Waals surface area (Å²) in [6, 6.07) is 17.9. The summed E-state index contributed by atoms with van der Waals surface area (Å²) in [6.45, 7) is 2.19. The van der Waals surface area contributed by atoms with Gasteiger partial charge in [-0.25, -0.2) is 4.68 Å². The van der Waals surface area contributed by atoms with Crippen LogP contribution >= 0.6 is 11.6 Å². The van der Waals surface area contributed by atoms with Gasteiger partial charge in [-0.3, -0.25) is 14.6 Å². The number of nitrogens with zero attached hydrogens (tertiary/aromatic N) is 3. The number of pyridine rings is 1. The molecule has 2 aromatic carbocycles. The Balaban J connectivity index is 1.44. The maximum Gasteiger partial charge on any atom is 0.255 e. The first-order valence-corrected chi connectivity index (χ1v) is 10.3. The zero-order chi connectivity index (χ0) is 22.5. The number of halogens is 1. The molecular formula is C24H20ClN5O2. The molecule has 0 saturated heterocycles. The van der Waals surface area contributed by atoms with Gasteiger partial charge in [0.15, 0.2) is 0 Å². The van der Waals surface area contributed by atoms with Crippen LogP contribution < -0.4 is 10.6 Å². The van der Waals surface area contributed by atoms with Crippen molar-refractivity contribution in [2.45, 2.75) is 13.5 Å². The van der Waals surface area contributed by atoms with Gasteiger partial charge >= 0.3 is 0 Å². The van der Waals surface area contributed by atoms with Crippen molar-refractivity contribution in [1.82, 2.24) is 20.1 Å². The molecule has 0 bridgehead atoms. The van der Waals surface area contributed by atoms with Crippen LogP contribution in [0.3, 0.4) is 0 Å². The second kappa shape index (κ2) is 9.45. The third-order valence-electron chi connectivity index (χ3n) is 4.78. The van der Waals surface area contributed by atoms with Crippen LogP contribution in [0.5, 0.6) is 0 Å². The molecule has 2 amide bonds. The van der Waals surface area contributed by atoms with Crippen molar-refractivity contribution in [1.29, 1.82) is 0 Å². The number of hydrogen-bond donors (Lipinski definition) is 2. The van der Waals surface area contributed by atoms with E-state index in [1.165, 1.54) is 6.20 Å². The molecule has 0 aliphatic heterocycles. The number of carbonyl (C=O) groups excluding carboxylic acids is 2. The van der Waals surface area contributed by atoms with E-state index >= 15 is 0 Å². The normalized spacial score (nSPS) is 10.6. The molecule has 0 spiro atoms. The van der Waals surface area contributed by atoms with Gasteiger partial charge in [-0.2, -0.15) is 5.10 Å². The summed E-state index contributed by atoms with van der Waals surface area (Å²) in [5.41, 5.74) is 3.83. The Morgan fingerprint density at radius 2 is 1.81 bits per heavy atom. The number of aromatic nitrogens is 3. The Morgan fingerprint density at radius 3 is 2.59 bits per heavy atom. The molecule has 160 valence electrons. The fourth-order valence-corrected chi connectivity index (χ4v) is 3.24. The molecule has 0 unspecified atom stereocenters. The highest BCUT2D eigenvalue weighted by Crippen LogP contribution is 2.16. The molecule has 7 nitrogen and oxygen atoms in total. The smallest absolute Gasteiger partial charge is 0.255 e. The number of rotatable bonds is 6. The fourth-order valence-electron chi connectivity index (χ4n) is 3.04. The van der Waals surface area contributed by atoms with E-state index in [1.54, 1.807) is 47.4 Å². The fraction of sp³-hybridized carbons (Fsp3) is 0.0833. The molecule has 0 atom stereocenters. The van der Waals surface area contributed by atoms with Crippen molar-refractivity contribution in [3.8, 4) is 5.69 Å². The third-order valence-corrected chi connectivity index (χ3v) is 5.15. The number of hydrogen-bond acceptors (Lipinski definition) is 4. The molecule has 2 heterocycles. The summed E-state index contributed by atoms with van der Waals surface area (Å²) in [6.07, 6.45) is 4.70. The maximum absolute atomic E-state index is 12.6. The lowest BCUT2D eigenvalue weighted by Gasteiger charge is -2.07. The van der Waals surface area contributed by atoms with Crippen molar-refractivity contribution in [3.63, 3.8) is 0 Å². The molecule has 0 aliphatic carbocycles. The summed E-state index contributed by atoms with van der Waals surface area (Å²) in [5, 5.41) is 10.5. The second-order valence-electron chi connectivity index (χ2n) is 7.14. The molecule has 2 N–H and O–H groups in total. The monoisotopic (exact) mass is 445 g/mol. The zero-order valence-electron chi connectivity index (χ0n) is 17.2. The van der Waals surface area contributed by atoms with E-state index in [1.807, 2.05) is 37.3 Å². The second-order valence-corrected chi connectivity index (χ2v) is 7.55. The maximum atomic E-state index is 12.6. The molecule has 4 aromatic rings. The van der Waals surface area contributed by atoms with E-state index in [0.29, 0.717) is 34.1 Å². The Kier molecular flexibility index (Phi) is 6.28. The van der Waals surface area contributed by atoms with E-state index in [9.17, 15) is 9.59 Å². The van der Waals surface area contributed by atoms with Crippen LogP contribution in [-0.2, 0) is 6.54 Å². The quantitative estimate of drug-likeness (QED) is 0.460. The van der Waals surface area contributed by atoms with Gasteiger partial charge < -0.3 is 10.6 Å². The van der Waals surface area contributed by atoms with Gasteiger partial charge in [-0.1, -0.05) is 35.9 Å². The highest BCUT2D eigenvalue weighted by molar-refractivity contribution is 6.31. The molecule has 0 saturated carbocycles. The molecular weight excluding hydrogens is 426 g/mol. The van der Waals surface area contributed by atoms with Gasteiger partial charge in [0.25, 0.3) is 11.8 Å². The number of benzene rings is 2. The van der Waals surface area contributed by atoms with Crippen molar-refractivity contribution in [2.24, 2.45) is 0 Å². The number of nitrogens with one attached hydrogen (secondary N) is 2. The largest absolute Gasteiger partial charge is 0.348 e.